The van der Waals surface area contributed by atoms with E-state index in [1.807, 2.05) is 0 Å². The number of rotatable bonds is 3. The largest absolute Gasteiger partial charge is 0.464 e. The predicted octanol–water partition coefficient (Wildman–Crippen LogP) is 1.70. The number of nitrogens with two attached hydrogens (primary N) is 1. The van der Waals surface area contributed by atoms with Crippen LogP contribution < -0.4 is 5.73 Å². The van der Waals surface area contributed by atoms with Crippen molar-refractivity contribution in [2.75, 3.05) is 6.61 Å². The molecule has 5 heteroatoms. The van der Waals surface area contributed by atoms with Crippen LogP contribution in [0.1, 0.15) is 19.4 Å². The first-order chi connectivity index (χ1) is 7.37. The highest BCUT2D eigenvalue weighted by atomic mass is 19.1. The molecule has 0 radical (unpaired) electrons. The van der Waals surface area contributed by atoms with Crippen LogP contribution in [0.15, 0.2) is 18.2 Å². The van der Waals surface area contributed by atoms with E-state index in [2.05, 4.69) is 0 Å². The number of hydrogen-bond donors (Lipinski definition) is 1. The maximum Gasteiger partial charge on any atom is 0.330 e. The summed E-state index contributed by atoms with van der Waals surface area (Å²) >= 11 is 0. The Bertz CT molecular complexity index is 385. The summed E-state index contributed by atoms with van der Waals surface area (Å²) in [6.07, 6.45) is 0. The smallest absolute Gasteiger partial charge is 0.330 e. The zero-order valence-electron chi connectivity index (χ0n) is 9.09. The van der Waals surface area contributed by atoms with E-state index in [-0.39, 0.29) is 12.2 Å². The minimum atomic E-state index is -1.56. The van der Waals surface area contributed by atoms with Crippen molar-refractivity contribution in [3.05, 3.63) is 35.4 Å². The Hall–Kier alpha value is -1.49. The molecule has 0 saturated carbocycles. The Morgan fingerprint density at radius 1 is 1.38 bits per heavy atom. The molecule has 1 aromatic rings. The Morgan fingerprint density at radius 3 is 2.31 bits per heavy atom. The molecule has 2 N–H and O–H groups in total. The fourth-order valence-electron chi connectivity index (χ4n) is 1.25. The van der Waals surface area contributed by atoms with E-state index in [0.29, 0.717) is 6.07 Å². The molecule has 0 fully saturated rings. The van der Waals surface area contributed by atoms with Gasteiger partial charge in [-0.2, -0.15) is 0 Å². The fourth-order valence-corrected chi connectivity index (χ4v) is 1.25. The molecule has 1 rings (SSSR count). The van der Waals surface area contributed by atoms with Gasteiger partial charge in [0.15, 0.2) is 0 Å². The van der Waals surface area contributed by atoms with Crippen LogP contribution in [0, 0.1) is 11.6 Å². The van der Waals surface area contributed by atoms with Crippen LogP contribution in [0.2, 0.25) is 0 Å². The number of ether oxygens (including phenoxy) is 1. The normalized spacial score (nSPS) is 14.3. The van der Waals surface area contributed by atoms with Crippen LogP contribution in [0.25, 0.3) is 0 Å². The molecule has 1 unspecified atom stereocenters. The minimum Gasteiger partial charge on any atom is -0.464 e. The van der Waals surface area contributed by atoms with Crippen LogP contribution in [0.5, 0.6) is 0 Å². The standard InChI is InChI=1S/C11H13F2NO2/c1-3-16-10(15)11(2,14)7-4-8(12)6-9(13)5-7/h4-6H,3,14H2,1-2H3. The van der Waals surface area contributed by atoms with Gasteiger partial charge in [0.2, 0.25) is 0 Å². The Morgan fingerprint density at radius 2 is 1.88 bits per heavy atom. The van der Waals surface area contributed by atoms with Gasteiger partial charge < -0.3 is 10.5 Å². The van der Waals surface area contributed by atoms with Crippen molar-refractivity contribution in [3.63, 3.8) is 0 Å². The van der Waals surface area contributed by atoms with Gasteiger partial charge in [0.25, 0.3) is 0 Å². The highest BCUT2D eigenvalue weighted by Gasteiger charge is 2.32. The maximum atomic E-state index is 13.0. The summed E-state index contributed by atoms with van der Waals surface area (Å²) in [5.41, 5.74) is 4.19. The number of hydrogen-bond acceptors (Lipinski definition) is 3. The van der Waals surface area contributed by atoms with Gasteiger partial charge in [-0.15, -0.1) is 0 Å². The molecule has 0 aliphatic carbocycles. The molecule has 0 aliphatic heterocycles. The van der Waals surface area contributed by atoms with Crippen LogP contribution >= 0.6 is 0 Å². The zero-order chi connectivity index (χ0) is 12.3. The Kier molecular flexibility index (Phi) is 3.59. The third-order valence-corrected chi connectivity index (χ3v) is 2.16. The number of esters is 1. The molecule has 0 bridgehead atoms. The first-order valence-electron chi connectivity index (χ1n) is 4.80. The van der Waals surface area contributed by atoms with Crippen molar-refractivity contribution >= 4 is 5.97 Å². The van der Waals surface area contributed by atoms with E-state index in [1.165, 1.54) is 6.92 Å². The first kappa shape index (κ1) is 12.6. The monoisotopic (exact) mass is 229 g/mol. The Balaban J connectivity index is 3.10. The summed E-state index contributed by atoms with van der Waals surface area (Å²) in [5, 5.41) is 0. The molecule has 0 amide bonds. The average molecular weight is 229 g/mol. The molecular formula is C11H13F2NO2. The van der Waals surface area contributed by atoms with Crippen LogP contribution in [0.3, 0.4) is 0 Å². The topological polar surface area (TPSA) is 52.3 Å². The summed E-state index contributed by atoms with van der Waals surface area (Å²) in [7, 11) is 0. The van der Waals surface area contributed by atoms with Crippen molar-refractivity contribution in [2.45, 2.75) is 19.4 Å². The van der Waals surface area contributed by atoms with Gasteiger partial charge in [-0.25, -0.2) is 13.6 Å². The number of carbonyl (C=O) groups excluding carboxylic acids is 1. The number of carbonyl (C=O) groups is 1. The van der Waals surface area contributed by atoms with E-state index in [0.717, 1.165) is 12.1 Å². The summed E-state index contributed by atoms with van der Waals surface area (Å²) in [6.45, 7) is 3.13. The molecule has 3 nitrogen and oxygen atoms in total. The van der Waals surface area contributed by atoms with E-state index < -0.39 is 23.1 Å². The van der Waals surface area contributed by atoms with Crippen molar-refractivity contribution < 1.29 is 18.3 Å². The lowest BCUT2D eigenvalue weighted by Gasteiger charge is -2.22. The van der Waals surface area contributed by atoms with Crippen molar-refractivity contribution in [2.24, 2.45) is 5.73 Å². The molecule has 0 aliphatic rings. The number of halogens is 2. The summed E-state index contributed by atoms with van der Waals surface area (Å²) in [5.74, 6) is -2.29. The maximum absolute atomic E-state index is 13.0. The van der Waals surface area contributed by atoms with E-state index in [4.69, 9.17) is 10.5 Å². The molecule has 1 aromatic carbocycles. The van der Waals surface area contributed by atoms with Gasteiger partial charge in [0.05, 0.1) is 6.61 Å². The van der Waals surface area contributed by atoms with Crippen molar-refractivity contribution in [1.82, 2.24) is 0 Å². The average Bonchev–Trinajstić information content (AvgIpc) is 2.16. The SMILES string of the molecule is CCOC(=O)C(C)(N)c1cc(F)cc(F)c1. The second kappa shape index (κ2) is 4.57. The molecule has 0 aromatic heterocycles. The summed E-state index contributed by atoms with van der Waals surface area (Å²) in [4.78, 5) is 11.5. The van der Waals surface area contributed by atoms with Gasteiger partial charge in [-0.05, 0) is 31.5 Å². The highest BCUT2D eigenvalue weighted by molar-refractivity contribution is 5.81. The molecule has 1 atom stereocenters. The molecule has 0 heterocycles. The van der Waals surface area contributed by atoms with E-state index in [1.54, 1.807) is 6.92 Å². The van der Waals surface area contributed by atoms with Crippen LogP contribution in [-0.2, 0) is 15.1 Å². The summed E-state index contributed by atoms with van der Waals surface area (Å²) < 4.78 is 30.7. The minimum absolute atomic E-state index is 0.0449. The lowest BCUT2D eigenvalue weighted by Crippen LogP contribution is -2.43. The van der Waals surface area contributed by atoms with Crippen molar-refractivity contribution in [3.8, 4) is 0 Å². The molecular weight excluding hydrogens is 216 g/mol. The van der Waals surface area contributed by atoms with Gasteiger partial charge in [-0.1, -0.05) is 0 Å². The van der Waals surface area contributed by atoms with E-state index >= 15 is 0 Å². The first-order valence-corrected chi connectivity index (χ1v) is 4.80. The zero-order valence-corrected chi connectivity index (χ0v) is 9.09. The van der Waals surface area contributed by atoms with Crippen LogP contribution in [-0.4, -0.2) is 12.6 Å². The lowest BCUT2D eigenvalue weighted by atomic mass is 9.93. The second-order valence-corrected chi connectivity index (χ2v) is 3.58. The van der Waals surface area contributed by atoms with Gasteiger partial charge in [0.1, 0.15) is 17.2 Å². The summed E-state index contributed by atoms with van der Waals surface area (Å²) in [6, 6.07) is 2.74. The second-order valence-electron chi connectivity index (χ2n) is 3.58. The quantitative estimate of drug-likeness (QED) is 0.802. The molecule has 0 saturated heterocycles. The fraction of sp³-hybridized carbons (Fsp3) is 0.364. The van der Waals surface area contributed by atoms with Gasteiger partial charge in [-0.3, -0.25) is 0 Å². The Labute approximate surface area is 92.2 Å². The third kappa shape index (κ3) is 2.55. The molecule has 0 spiro atoms. The van der Waals surface area contributed by atoms with Gasteiger partial charge >= 0.3 is 5.97 Å². The molecule has 88 valence electrons. The van der Waals surface area contributed by atoms with E-state index in [9.17, 15) is 13.6 Å². The van der Waals surface area contributed by atoms with Crippen LogP contribution in [0.4, 0.5) is 8.78 Å². The highest BCUT2D eigenvalue weighted by Crippen LogP contribution is 2.21. The number of benzene rings is 1. The van der Waals surface area contributed by atoms with Crippen molar-refractivity contribution in [1.29, 1.82) is 0 Å². The lowest BCUT2D eigenvalue weighted by molar-refractivity contribution is -0.149. The third-order valence-electron chi connectivity index (χ3n) is 2.16. The molecule has 16 heavy (non-hydrogen) atoms. The predicted molar refractivity (Wildman–Crippen MR) is 54.5 cm³/mol. The van der Waals surface area contributed by atoms with Gasteiger partial charge in [0, 0.05) is 6.07 Å².